The van der Waals surface area contributed by atoms with E-state index in [2.05, 4.69) is 5.32 Å². The molecule has 2 saturated heterocycles. The number of halogens is 4. The first-order chi connectivity index (χ1) is 19.5. The van der Waals surface area contributed by atoms with Crippen LogP contribution in [0.2, 0.25) is 0 Å². The number of nitrogens with zero attached hydrogens (tertiary/aromatic N) is 2. The molecule has 1 aliphatic carbocycles. The number of rotatable bonds is 6. The van der Waals surface area contributed by atoms with Crippen molar-refractivity contribution in [2.45, 2.75) is 83.0 Å². The van der Waals surface area contributed by atoms with Crippen LogP contribution in [-0.2, 0) is 37.4 Å². The van der Waals surface area contributed by atoms with Gasteiger partial charge in [0.15, 0.2) is 0 Å². The molecular weight excluding hydrogens is 557 g/mol. The van der Waals surface area contributed by atoms with Crippen molar-refractivity contribution in [3.63, 3.8) is 0 Å². The van der Waals surface area contributed by atoms with Crippen LogP contribution in [-0.4, -0.2) is 64.7 Å². The topological polar surface area (TPSA) is 88.2 Å². The van der Waals surface area contributed by atoms with Gasteiger partial charge in [-0.3, -0.25) is 14.5 Å². The lowest BCUT2D eigenvalue weighted by Gasteiger charge is -2.32. The van der Waals surface area contributed by atoms with E-state index in [1.165, 1.54) is 12.1 Å². The number of fused-ring (bicyclic) bond motifs is 2. The zero-order chi connectivity index (χ0) is 30.8. The molecule has 42 heavy (non-hydrogen) atoms. The molecule has 4 amide bonds. The Labute approximate surface area is 241 Å². The minimum atomic E-state index is -4.78. The molecular formula is C29H32BF4N3O5. The molecule has 1 unspecified atom stereocenters. The molecule has 1 N–H and O–H groups in total. The monoisotopic (exact) mass is 589 g/mol. The molecule has 1 spiro atoms. The summed E-state index contributed by atoms with van der Waals surface area (Å²) in [6.45, 7) is 6.98. The van der Waals surface area contributed by atoms with Crippen molar-refractivity contribution in [3.8, 4) is 0 Å². The maximum atomic E-state index is 14.0. The van der Waals surface area contributed by atoms with Crippen molar-refractivity contribution < 1.29 is 41.3 Å². The summed E-state index contributed by atoms with van der Waals surface area (Å²) in [6, 6.07) is 6.99. The number of aryl methyl sites for hydroxylation is 1. The summed E-state index contributed by atoms with van der Waals surface area (Å²) in [5.74, 6) is -2.39. The molecule has 3 aliphatic rings. The van der Waals surface area contributed by atoms with E-state index in [9.17, 15) is 31.9 Å². The summed E-state index contributed by atoms with van der Waals surface area (Å²) in [6.07, 6.45) is -4.14. The van der Waals surface area contributed by atoms with Crippen molar-refractivity contribution in [1.29, 1.82) is 0 Å². The van der Waals surface area contributed by atoms with Gasteiger partial charge < -0.3 is 19.5 Å². The average Bonchev–Trinajstić information content (AvgIpc) is 3.47. The van der Waals surface area contributed by atoms with E-state index in [0.29, 0.717) is 27.2 Å². The fourth-order valence-electron chi connectivity index (χ4n) is 5.70. The number of benzene rings is 2. The highest BCUT2D eigenvalue weighted by Crippen LogP contribution is 2.43. The van der Waals surface area contributed by atoms with Crippen LogP contribution in [0.3, 0.4) is 0 Å². The van der Waals surface area contributed by atoms with Crippen molar-refractivity contribution in [2.75, 3.05) is 6.54 Å². The molecule has 8 nitrogen and oxygen atoms in total. The Bertz CT molecular complexity index is 1420. The number of urea groups is 1. The average molecular weight is 589 g/mol. The summed E-state index contributed by atoms with van der Waals surface area (Å²) in [7, 11) is -0.834. The lowest BCUT2D eigenvalue weighted by atomic mass is 9.71. The predicted molar refractivity (Wildman–Crippen MR) is 145 cm³/mol. The molecule has 0 saturated carbocycles. The molecule has 5 rings (SSSR count). The summed E-state index contributed by atoms with van der Waals surface area (Å²) < 4.78 is 67.1. The van der Waals surface area contributed by atoms with Gasteiger partial charge in [0.2, 0.25) is 5.91 Å². The van der Waals surface area contributed by atoms with E-state index in [0.717, 1.165) is 24.6 Å². The van der Waals surface area contributed by atoms with Gasteiger partial charge in [0, 0.05) is 6.54 Å². The van der Waals surface area contributed by atoms with E-state index < -0.39 is 72.8 Å². The van der Waals surface area contributed by atoms with Crippen molar-refractivity contribution >= 4 is 30.4 Å². The van der Waals surface area contributed by atoms with Crippen LogP contribution in [0.5, 0.6) is 0 Å². The standard InChI is InChI=1S/C29H32BF4N3O5/c1-17(29(32,33)34)36(15-18-9-11-20(31)12-10-18)22(38)16-37-24(39)28(35-25(37)40)14-13-19-7-6-8-21(23(19)28)30-41-26(2,3)27(4,5)42-30/h6-12,17H,13-16H2,1-5H3,(H,35,40)/t17-,28?/m0/s1. The first-order valence-corrected chi connectivity index (χ1v) is 13.7. The van der Waals surface area contributed by atoms with Gasteiger partial charge in [0.1, 0.15) is 23.9 Å². The van der Waals surface area contributed by atoms with Gasteiger partial charge in [0.25, 0.3) is 5.91 Å². The maximum absolute atomic E-state index is 14.0. The number of hydrogen-bond acceptors (Lipinski definition) is 5. The van der Waals surface area contributed by atoms with Crippen LogP contribution in [0.4, 0.5) is 22.4 Å². The van der Waals surface area contributed by atoms with Gasteiger partial charge in [-0.1, -0.05) is 30.3 Å². The Morgan fingerprint density at radius 2 is 1.69 bits per heavy atom. The lowest BCUT2D eigenvalue weighted by molar-refractivity contribution is -0.187. The Balaban J connectivity index is 1.44. The molecule has 224 valence electrons. The van der Waals surface area contributed by atoms with Crippen LogP contribution in [0.1, 0.15) is 57.7 Å². The minimum Gasteiger partial charge on any atom is -0.399 e. The van der Waals surface area contributed by atoms with Crippen LogP contribution < -0.4 is 10.8 Å². The smallest absolute Gasteiger partial charge is 0.399 e. The SMILES string of the molecule is C[C@H](N(Cc1ccc(F)cc1)C(=O)CN1C(=O)NC2(CCc3cccc(B4OC(C)(C)C(C)(C)O4)c32)C1=O)C(F)(F)F. The zero-order valence-corrected chi connectivity index (χ0v) is 24.0. The first kappa shape index (κ1) is 30.0. The highest BCUT2D eigenvalue weighted by molar-refractivity contribution is 6.63. The zero-order valence-electron chi connectivity index (χ0n) is 24.0. The molecule has 2 fully saturated rings. The Morgan fingerprint density at radius 1 is 1.07 bits per heavy atom. The van der Waals surface area contributed by atoms with Gasteiger partial charge in [-0.05, 0) is 81.7 Å². The largest absolute Gasteiger partial charge is 0.495 e. The number of carbonyl (C=O) groups excluding carboxylic acids is 3. The second-order valence-corrected chi connectivity index (χ2v) is 12.1. The number of amides is 4. The number of imide groups is 1. The summed E-state index contributed by atoms with van der Waals surface area (Å²) in [5.41, 5.74) is -0.728. The first-order valence-electron chi connectivity index (χ1n) is 13.7. The van der Waals surface area contributed by atoms with E-state index in [1.54, 1.807) is 6.07 Å². The highest BCUT2D eigenvalue weighted by atomic mass is 19.4. The number of carbonyl (C=O) groups is 3. The molecule has 0 radical (unpaired) electrons. The number of nitrogens with one attached hydrogen (secondary N) is 1. The quantitative estimate of drug-likeness (QED) is 0.315. The van der Waals surface area contributed by atoms with Gasteiger partial charge in [-0.25, -0.2) is 9.18 Å². The molecule has 13 heteroatoms. The Kier molecular flexibility index (Phi) is 7.21. The van der Waals surface area contributed by atoms with Gasteiger partial charge in [-0.15, -0.1) is 0 Å². The molecule has 2 aromatic rings. The fraction of sp³-hybridized carbons (Fsp3) is 0.483. The second-order valence-electron chi connectivity index (χ2n) is 12.1. The molecule has 0 bridgehead atoms. The summed E-state index contributed by atoms with van der Waals surface area (Å²) in [5, 5.41) is 2.74. The van der Waals surface area contributed by atoms with E-state index in [1.807, 2.05) is 39.8 Å². The molecule has 2 heterocycles. The van der Waals surface area contributed by atoms with E-state index in [-0.39, 0.29) is 12.0 Å². The van der Waals surface area contributed by atoms with Crippen molar-refractivity contribution in [2.24, 2.45) is 0 Å². The molecule has 2 aromatic carbocycles. The molecule has 0 aromatic heterocycles. The van der Waals surface area contributed by atoms with E-state index >= 15 is 0 Å². The fourth-order valence-corrected chi connectivity index (χ4v) is 5.70. The summed E-state index contributed by atoms with van der Waals surface area (Å²) >= 11 is 0. The van der Waals surface area contributed by atoms with Gasteiger partial charge in [-0.2, -0.15) is 13.2 Å². The molecule has 2 atom stereocenters. The Hall–Kier alpha value is -3.45. The third-order valence-corrected chi connectivity index (χ3v) is 8.88. The summed E-state index contributed by atoms with van der Waals surface area (Å²) in [4.78, 5) is 41.7. The third-order valence-electron chi connectivity index (χ3n) is 8.88. The Morgan fingerprint density at radius 3 is 2.29 bits per heavy atom. The second kappa shape index (κ2) is 10.1. The lowest BCUT2D eigenvalue weighted by Crippen LogP contribution is -2.51. The maximum Gasteiger partial charge on any atom is 0.495 e. The van der Waals surface area contributed by atoms with Crippen LogP contribution >= 0.6 is 0 Å². The van der Waals surface area contributed by atoms with Crippen LogP contribution in [0.25, 0.3) is 0 Å². The number of alkyl halides is 3. The third kappa shape index (κ3) is 4.96. The van der Waals surface area contributed by atoms with Crippen LogP contribution in [0, 0.1) is 5.82 Å². The van der Waals surface area contributed by atoms with Gasteiger partial charge >= 0.3 is 19.3 Å². The predicted octanol–water partition coefficient (Wildman–Crippen LogP) is 3.80. The normalized spacial score (nSPS) is 23.4. The number of hydrogen-bond donors (Lipinski definition) is 1. The van der Waals surface area contributed by atoms with Crippen LogP contribution in [0.15, 0.2) is 42.5 Å². The van der Waals surface area contributed by atoms with Gasteiger partial charge in [0.05, 0.1) is 11.2 Å². The highest BCUT2D eigenvalue weighted by Gasteiger charge is 2.60. The van der Waals surface area contributed by atoms with E-state index in [4.69, 9.17) is 9.31 Å². The van der Waals surface area contributed by atoms with Crippen molar-refractivity contribution in [1.82, 2.24) is 15.1 Å². The molecule has 2 aliphatic heterocycles. The minimum absolute atomic E-state index is 0.201. The van der Waals surface area contributed by atoms with Crippen molar-refractivity contribution in [3.05, 3.63) is 65.0 Å².